The lowest BCUT2D eigenvalue weighted by Crippen LogP contribution is -2.28. The number of amides is 1. The van der Waals surface area contributed by atoms with Gasteiger partial charge in [-0.3, -0.25) is 14.9 Å². The maximum Gasteiger partial charge on any atom is 0.276 e. The molecular weight excluding hydrogens is 344 g/mol. The third-order valence-corrected chi connectivity index (χ3v) is 4.97. The summed E-state index contributed by atoms with van der Waals surface area (Å²) in [5, 5.41) is 15.2. The van der Waals surface area contributed by atoms with E-state index in [4.69, 9.17) is 4.52 Å². The Morgan fingerprint density at radius 3 is 3.15 bits per heavy atom. The van der Waals surface area contributed by atoms with E-state index in [0.29, 0.717) is 23.0 Å². The van der Waals surface area contributed by atoms with Gasteiger partial charge in [0.25, 0.3) is 5.91 Å². The Morgan fingerprint density at radius 2 is 2.30 bits per heavy atom. The second-order valence-corrected chi connectivity index (χ2v) is 6.98. The molecule has 1 fully saturated rings. The van der Waals surface area contributed by atoms with Crippen LogP contribution in [0.3, 0.4) is 0 Å². The van der Waals surface area contributed by atoms with Crippen LogP contribution >= 0.6 is 0 Å². The van der Waals surface area contributed by atoms with Crippen LogP contribution in [0.25, 0.3) is 22.0 Å². The fraction of sp³-hybridized carbons (Fsp3) is 0.263. The van der Waals surface area contributed by atoms with Gasteiger partial charge in [0.05, 0.1) is 10.9 Å². The molecule has 3 aromatic heterocycles. The molecular formula is C19H18N6O2. The summed E-state index contributed by atoms with van der Waals surface area (Å²) in [6.07, 6.45) is 2.75. The van der Waals surface area contributed by atoms with Gasteiger partial charge < -0.3 is 14.7 Å². The second kappa shape index (κ2) is 6.08. The van der Waals surface area contributed by atoms with Gasteiger partial charge in [-0.05, 0) is 36.6 Å². The Morgan fingerprint density at radius 1 is 1.37 bits per heavy atom. The van der Waals surface area contributed by atoms with Gasteiger partial charge in [0.15, 0.2) is 17.1 Å². The number of nitrogens with one attached hydrogen (secondary N) is 2. The van der Waals surface area contributed by atoms with Crippen LogP contribution in [0, 0.1) is 5.92 Å². The first kappa shape index (κ1) is 15.8. The number of benzene rings is 1. The average Bonchev–Trinajstić information content (AvgIpc) is 3.40. The van der Waals surface area contributed by atoms with Gasteiger partial charge >= 0.3 is 0 Å². The van der Waals surface area contributed by atoms with E-state index in [-0.39, 0.29) is 5.91 Å². The molecule has 0 radical (unpaired) electrons. The molecule has 1 atom stereocenters. The molecule has 5 rings (SSSR count). The normalized spacial score (nSPS) is 17.1. The van der Waals surface area contributed by atoms with Crippen LogP contribution in [0.4, 0.5) is 11.5 Å². The number of rotatable bonds is 3. The minimum absolute atomic E-state index is 0.0682. The summed E-state index contributed by atoms with van der Waals surface area (Å²) in [5.41, 5.74) is 3.33. The fourth-order valence-corrected chi connectivity index (χ4v) is 3.52. The standard InChI is InChI=1S/C19H18N6O2/c1-11-6-8-25(10-11)19(26)16-13-5-4-12(9-15(13)27-24-16)21-18-17-14(22-23-18)3-2-7-20-17/h2-5,7,9,11H,6,8,10H2,1H3,(H2,21,22,23)/t11-/m1/s1. The molecule has 0 unspecified atom stereocenters. The van der Waals surface area contributed by atoms with Crippen LogP contribution < -0.4 is 5.32 Å². The maximum atomic E-state index is 12.7. The van der Waals surface area contributed by atoms with E-state index in [1.165, 1.54) is 0 Å². The molecule has 27 heavy (non-hydrogen) atoms. The summed E-state index contributed by atoms with van der Waals surface area (Å²) in [5.74, 6) is 1.09. The first-order valence-electron chi connectivity index (χ1n) is 8.94. The van der Waals surface area contributed by atoms with Crippen LogP contribution in [-0.4, -0.2) is 44.2 Å². The highest BCUT2D eigenvalue weighted by atomic mass is 16.5. The molecule has 8 heteroatoms. The summed E-state index contributed by atoms with van der Waals surface area (Å²) >= 11 is 0. The van der Waals surface area contributed by atoms with Crippen LogP contribution in [0.2, 0.25) is 0 Å². The number of aromatic nitrogens is 4. The number of aromatic amines is 1. The van der Waals surface area contributed by atoms with Crippen LogP contribution in [0.15, 0.2) is 41.1 Å². The number of hydrogen-bond acceptors (Lipinski definition) is 6. The highest BCUT2D eigenvalue weighted by molar-refractivity contribution is 6.04. The van der Waals surface area contributed by atoms with E-state index in [9.17, 15) is 4.79 Å². The molecule has 1 amide bonds. The molecule has 8 nitrogen and oxygen atoms in total. The summed E-state index contributed by atoms with van der Waals surface area (Å²) in [7, 11) is 0. The number of nitrogens with zero attached hydrogens (tertiary/aromatic N) is 4. The molecule has 0 bridgehead atoms. The zero-order valence-electron chi connectivity index (χ0n) is 14.8. The van der Waals surface area contributed by atoms with Gasteiger partial charge in [-0.2, -0.15) is 5.10 Å². The van der Waals surface area contributed by atoms with Gasteiger partial charge in [-0.1, -0.05) is 12.1 Å². The Balaban J connectivity index is 1.44. The Labute approximate surface area is 154 Å². The Hall–Kier alpha value is -3.42. The van der Waals surface area contributed by atoms with Crippen molar-refractivity contribution in [3.63, 3.8) is 0 Å². The number of H-pyrrole nitrogens is 1. The first-order valence-corrected chi connectivity index (χ1v) is 8.94. The first-order chi connectivity index (χ1) is 13.2. The predicted octanol–water partition coefficient (Wildman–Crippen LogP) is 3.32. The third-order valence-electron chi connectivity index (χ3n) is 4.97. The summed E-state index contributed by atoms with van der Waals surface area (Å²) < 4.78 is 5.42. The molecule has 0 saturated carbocycles. The number of carbonyl (C=O) groups excluding carboxylic acids is 1. The van der Waals surface area contributed by atoms with Crippen molar-refractivity contribution >= 4 is 39.4 Å². The Bertz CT molecular complexity index is 1150. The molecule has 1 saturated heterocycles. The van der Waals surface area contributed by atoms with E-state index >= 15 is 0 Å². The molecule has 0 spiro atoms. The van der Waals surface area contributed by atoms with Crippen molar-refractivity contribution in [2.24, 2.45) is 5.92 Å². The van der Waals surface area contributed by atoms with Crippen molar-refractivity contribution in [3.05, 3.63) is 42.2 Å². The number of hydrogen-bond donors (Lipinski definition) is 2. The second-order valence-electron chi connectivity index (χ2n) is 6.98. The topological polar surface area (TPSA) is 99.9 Å². The SMILES string of the molecule is C[C@@H]1CCN(C(=O)c2noc3cc(Nc4n[nH]c5cccnc45)ccc23)C1. The van der Waals surface area contributed by atoms with Crippen molar-refractivity contribution in [2.45, 2.75) is 13.3 Å². The smallest absolute Gasteiger partial charge is 0.276 e. The lowest BCUT2D eigenvalue weighted by Gasteiger charge is -2.13. The molecule has 4 heterocycles. The number of pyridine rings is 1. The molecule has 136 valence electrons. The number of fused-ring (bicyclic) bond motifs is 2. The zero-order chi connectivity index (χ0) is 18.4. The average molecular weight is 362 g/mol. The predicted molar refractivity (Wildman–Crippen MR) is 101 cm³/mol. The molecule has 0 aliphatic carbocycles. The molecule has 1 aliphatic heterocycles. The molecule has 4 aromatic rings. The molecule has 2 N–H and O–H groups in total. The van der Waals surface area contributed by atoms with E-state index < -0.39 is 0 Å². The number of carbonyl (C=O) groups is 1. The van der Waals surface area contributed by atoms with Gasteiger partial charge in [-0.15, -0.1) is 0 Å². The lowest BCUT2D eigenvalue weighted by molar-refractivity contribution is 0.0779. The van der Waals surface area contributed by atoms with Gasteiger partial charge in [-0.25, -0.2) is 0 Å². The minimum atomic E-state index is -0.0682. The van der Waals surface area contributed by atoms with Crippen LogP contribution in [-0.2, 0) is 0 Å². The fourth-order valence-electron chi connectivity index (χ4n) is 3.52. The van der Waals surface area contributed by atoms with Crippen molar-refractivity contribution < 1.29 is 9.32 Å². The van der Waals surface area contributed by atoms with Crippen molar-refractivity contribution in [1.82, 2.24) is 25.2 Å². The largest absolute Gasteiger partial charge is 0.355 e. The van der Waals surface area contributed by atoms with Gasteiger partial charge in [0.1, 0.15) is 5.52 Å². The minimum Gasteiger partial charge on any atom is -0.355 e. The molecule has 1 aliphatic rings. The van der Waals surface area contributed by atoms with Crippen LogP contribution in [0.5, 0.6) is 0 Å². The van der Waals surface area contributed by atoms with E-state index in [1.807, 2.05) is 35.2 Å². The lowest BCUT2D eigenvalue weighted by atomic mass is 10.1. The van der Waals surface area contributed by atoms with Crippen molar-refractivity contribution in [2.75, 3.05) is 18.4 Å². The summed E-state index contributed by atoms with van der Waals surface area (Å²) in [6.45, 7) is 3.69. The van der Waals surface area contributed by atoms with Crippen LogP contribution in [0.1, 0.15) is 23.8 Å². The summed E-state index contributed by atoms with van der Waals surface area (Å²) in [6, 6.07) is 9.31. The summed E-state index contributed by atoms with van der Waals surface area (Å²) in [4.78, 5) is 18.9. The monoisotopic (exact) mass is 362 g/mol. The maximum absolute atomic E-state index is 12.7. The highest BCUT2D eigenvalue weighted by Gasteiger charge is 2.27. The van der Waals surface area contributed by atoms with E-state index in [0.717, 1.165) is 41.6 Å². The van der Waals surface area contributed by atoms with Gasteiger partial charge in [0, 0.05) is 31.0 Å². The molecule has 1 aromatic carbocycles. The number of anilines is 2. The third kappa shape index (κ3) is 2.69. The van der Waals surface area contributed by atoms with Crippen molar-refractivity contribution in [3.8, 4) is 0 Å². The Kier molecular flexibility index (Phi) is 3.56. The zero-order valence-corrected chi connectivity index (χ0v) is 14.8. The van der Waals surface area contributed by atoms with E-state index in [2.05, 4.69) is 32.6 Å². The number of likely N-dealkylation sites (tertiary alicyclic amines) is 1. The highest BCUT2D eigenvalue weighted by Crippen LogP contribution is 2.28. The van der Waals surface area contributed by atoms with E-state index in [1.54, 1.807) is 6.20 Å². The van der Waals surface area contributed by atoms with Crippen molar-refractivity contribution in [1.29, 1.82) is 0 Å². The quantitative estimate of drug-likeness (QED) is 0.580. The van der Waals surface area contributed by atoms with Gasteiger partial charge in [0.2, 0.25) is 0 Å².